The maximum atomic E-state index is 13.3. The van der Waals surface area contributed by atoms with Gasteiger partial charge >= 0.3 is 6.03 Å². The monoisotopic (exact) mass is 405 g/mol. The van der Waals surface area contributed by atoms with E-state index in [1.165, 1.54) is 4.90 Å². The van der Waals surface area contributed by atoms with Crippen molar-refractivity contribution in [3.8, 4) is 0 Å². The molecule has 4 rings (SSSR count). The number of hydrogen-bond donors (Lipinski definition) is 1. The van der Waals surface area contributed by atoms with Crippen molar-refractivity contribution in [2.24, 2.45) is 11.8 Å². The molecule has 0 radical (unpaired) electrons. The van der Waals surface area contributed by atoms with E-state index in [1.807, 2.05) is 38.1 Å². The van der Waals surface area contributed by atoms with Gasteiger partial charge in [0.1, 0.15) is 18.5 Å². The number of fused-ring (bicyclic) bond motifs is 3. The number of imide groups is 1. The van der Waals surface area contributed by atoms with Gasteiger partial charge in [0, 0.05) is 37.4 Å². The van der Waals surface area contributed by atoms with Gasteiger partial charge in [-0.05, 0) is 36.1 Å². The molecule has 1 N–H and O–H groups in total. The molecular formula is C20H28ClN5O2. The summed E-state index contributed by atoms with van der Waals surface area (Å²) in [7, 11) is 1.78. The Kier molecular flexibility index (Phi) is 5.02. The maximum Gasteiger partial charge on any atom is 0.327 e. The van der Waals surface area contributed by atoms with Gasteiger partial charge in [-0.3, -0.25) is 19.9 Å². The molecule has 3 heterocycles. The fraction of sp³-hybridized carbons (Fsp3) is 0.600. The first-order valence-electron chi connectivity index (χ1n) is 9.90. The summed E-state index contributed by atoms with van der Waals surface area (Å²) in [5.41, 5.74) is 1.05. The first-order valence-corrected chi connectivity index (χ1v) is 10.3. The van der Waals surface area contributed by atoms with E-state index in [9.17, 15) is 9.59 Å². The number of halogens is 1. The highest BCUT2D eigenvalue weighted by Crippen LogP contribution is 2.34. The van der Waals surface area contributed by atoms with E-state index in [0.717, 1.165) is 18.8 Å². The first-order chi connectivity index (χ1) is 13.3. The maximum absolute atomic E-state index is 13.3. The molecule has 7 nitrogen and oxygen atoms in total. The van der Waals surface area contributed by atoms with Crippen LogP contribution in [0.1, 0.15) is 20.8 Å². The van der Waals surface area contributed by atoms with Gasteiger partial charge in [0.05, 0.1) is 0 Å². The van der Waals surface area contributed by atoms with Crippen molar-refractivity contribution in [2.75, 3.05) is 31.6 Å². The van der Waals surface area contributed by atoms with Gasteiger partial charge < -0.3 is 9.80 Å². The Morgan fingerprint density at radius 3 is 2.50 bits per heavy atom. The fourth-order valence-corrected chi connectivity index (χ4v) is 4.71. The van der Waals surface area contributed by atoms with Gasteiger partial charge in [0.2, 0.25) is 0 Å². The second-order valence-corrected chi connectivity index (χ2v) is 9.03. The van der Waals surface area contributed by atoms with E-state index >= 15 is 0 Å². The summed E-state index contributed by atoms with van der Waals surface area (Å²) >= 11 is 6.06. The Labute approximate surface area is 171 Å². The molecule has 0 bridgehead atoms. The van der Waals surface area contributed by atoms with Crippen LogP contribution in [0.25, 0.3) is 0 Å². The molecule has 0 saturated carbocycles. The van der Waals surface area contributed by atoms with E-state index in [1.54, 1.807) is 11.9 Å². The van der Waals surface area contributed by atoms with Gasteiger partial charge in [-0.2, -0.15) is 0 Å². The second-order valence-electron chi connectivity index (χ2n) is 8.60. The van der Waals surface area contributed by atoms with Gasteiger partial charge in [-0.25, -0.2) is 4.79 Å². The minimum Gasteiger partial charge on any atom is -0.343 e. The minimum atomic E-state index is -0.371. The third-order valence-electron chi connectivity index (χ3n) is 5.79. The van der Waals surface area contributed by atoms with Crippen LogP contribution in [0.5, 0.6) is 0 Å². The van der Waals surface area contributed by atoms with Crippen molar-refractivity contribution in [2.45, 2.75) is 39.3 Å². The Hall–Kier alpha value is -1.83. The first kappa shape index (κ1) is 19.5. The zero-order chi connectivity index (χ0) is 20.2. The fourth-order valence-electron chi connectivity index (χ4n) is 4.58. The molecule has 3 aliphatic rings. The van der Waals surface area contributed by atoms with Crippen LogP contribution in [0.2, 0.25) is 5.02 Å². The second kappa shape index (κ2) is 7.21. The van der Waals surface area contributed by atoms with Crippen molar-refractivity contribution >= 4 is 29.2 Å². The van der Waals surface area contributed by atoms with Gasteiger partial charge in [-0.15, -0.1) is 0 Å². The van der Waals surface area contributed by atoms with Gasteiger partial charge in [-0.1, -0.05) is 32.4 Å². The van der Waals surface area contributed by atoms with Crippen LogP contribution < -0.4 is 10.2 Å². The third-order valence-corrected chi connectivity index (χ3v) is 6.04. The number of amides is 3. The van der Waals surface area contributed by atoms with E-state index in [2.05, 4.69) is 22.0 Å². The highest BCUT2D eigenvalue weighted by atomic mass is 35.5. The molecule has 4 unspecified atom stereocenters. The number of carbonyl (C=O) groups is 2. The SMILES string of the molecule is CC(C)CN1C(=O)C2C(NC3N(c4ccc(Cl)cc4)CC(C)CN23)N(C)C1=O. The van der Waals surface area contributed by atoms with Crippen LogP contribution in [-0.2, 0) is 4.79 Å². The lowest BCUT2D eigenvalue weighted by atomic mass is 10.0. The van der Waals surface area contributed by atoms with Crippen molar-refractivity contribution in [1.29, 1.82) is 0 Å². The summed E-state index contributed by atoms with van der Waals surface area (Å²) < 4.78 is 0. The van der Waals surface area contributed by atoms with Crippen LogP contribution in [0.15, 0.2) is 24.3 Å². The molecule has 3 aliphatic heterocycles. The average molecular weight is 406 g/mol. The molecule has 1 aromatic rings. The molecular weight excluding hydrogens is 378 g/mol. The van der Waals surface area contributed by atoms with E-state index in [0.29, 0.717) is 17.5 Å². The van der Waals surface area contributed by atoms with Crippen LogP contribution in [0, 0.1) is 11.8 Å². The Morgan fingerprint density at radius 1 is 1.18 bits per heavy atom. The molecule has 4 atom stereocenters. The van der Waals surface area contributed by atoms with Crippen molar-refractivity contribution in [3.05, 3.63) is 29.3 Å². The zero-order valence-corrected chi connectivity index (χ0v) is 17.6. The normalized spacial score (nSPS) is 30.9. The molecule has 0 aromatic heterocycles. The number of anilines is 1. The molecule has 3 fully saturated rings. The molecule has 1 aromatic carbocycles. The molecule has 152 valence electrons. The summed E-state index contributed by atoms with van der Waals surface area (Å²) in [6, 6.07) is 7.18. The standard InChI is InChI=1S/C20H28ClN5O2/c1-12(2)9-26-18(27)16-17(23(4)20(26)28)22-19-24(10-13(3)11-25(16)19)15-7-5-14(21)6-8-15/h5-8,12-13,16-17,19,22H,9-11H2,1-4H3. The lowest BCUT2D eigenvalue weighted by Gasteiger charge is -2.46. The number of nitrogens with zero attached hydrogens (tertiary/aromatic N) is 4. The summed E-state index contributed by atoms with van der Waals surface area (Å²) in [6.45, 7) is 8.37. The molecule has 3 amide bonds. The van der Waals surface area contributed by atoms with Crippen molar-refractivity contribution < 1.29 is 9.59 Å². The van der Waals surface area contributed by atoms with Crippen LogP contribution >= 0.6 is 11.6 Å². The van der Waals surface area contributed by atoms with E-state index in [4.69, 9.17) is 11.6 Å². The number of benzene rings is 1. The quantitative estimate of drug-likeness (QED) is 0.835. The van der Waals surface area contributed by atoms with Crippen molar-refractivity contribution in [1.82, 2.24) is 20.0 Å². The lowest BCUT2D eigenvalue weighted by molar-refractivity contribution is -0.139. The number of urea groups is 1. The molecule has 28 heavy (non-hydrogen) atoms. The van der Waals surface area contributed by atoms with Crippen LogP contribution in [0.3, 0.4) is 0 Å². The smallest absolute Gasteiger partial charge is 0.327 e. The van der Waals surface area contributed by atoms with Crippen LogP contribution in [-0.4, -0.2) is 71.8 Å². The molecule has 0 spiro atoms. The topological polar surface area (TPSA) is 59.1 Å². The summed E-state index contributed by atoms with van der Waals surface area (Å²) in [6.07, 6.45) is -0.459. The van der Waals surface area contributed by atoms with Crippen molar-refractivity contribution in [3.63, 3.8) is 0 Å². The summed E-state index contributed by atoms with van der Waals surface area (Å²) in [4.78, 5) is 33.7. The average Bonchev–Trinajstić information content (AvgIpc) is 3.03. The Morgan fingerprint density at radius 2 is 1.86 bits per heavy atom. The van der Waals surface area contributed by atoms with Crippen LogP contribution in [0.4, 0.5) is 10.5 Å². The lowest BCUT2D eigenvalue weighted by Crippen LogP contribution is -2.67. The van der Waals surface area contributed by atoms with E-state index in [-0.39, 0.29) is 36.4 Å². The molecule has 0 aliphatic carbocycles. The number of likely N-dealkylation sites (N-methyl/N-ethyl adjacent to an activating group) is 1. The number of carbonyl (C=O) groups excluding carboxylic acids is 2. The largest absolute Gasteiger partial charge is 0.343 e. The van der Waals surface area contributed by atoms with Gasteiger partial charge in [0.15, 0.2) is 0 Å². The summed E-state index contributed by atoms with van der Waals surface area (Å²) in [5.74, 6) is 0.526. The zero-order valence-electron chi connectivity index (χ0n) is 16.8. The Bertz CT molecular complexity index is 770. The Balaban J connectivity index is 1.67. The third kappa shape index (κ3) is 3.15. The number of rotatable bonds is 3. The predicted octanol–water partition coefficient (Wildman–Crippen LogP) is 2.23. The summed E-state index contributed by atoms with van der Waals surface area (Å²) in [5, 5.41) is 4.24. The number of nitrogens with one attached hydrogen (secondary N) is 1. The highest BCUT2D eigenvalue weighted by molar-refractivity contribution is 6.30. The predicted molar refractivity (Wildman–Crippen MR) is 109 cm³/mol. The molecule has 8 heteroatoms. The minimum absolute atomic E-state index is 0.0954. The van der Waals surface area contributed by atoms with Gasteiger partial charge in [0.25, 0.3) is 5.91 Å². The molecule has 3 saturated heterocycles. The van der Waals surface area contributed by atoms with E-state index < -0.39 is 0 Å². The number of hydrogen-bond acceptors (Lipinski definition) is 5. The highest BCUT2D eigenvalue weighted by Gasteiger charge is 2.56.